The number of anilines is 1. The van der Waals surface area contributed by atoms with Gasteiger partial charge in [0, 0.05) is 12.3 Å². The maximum Gasteiger partial charge on any atom is 0.234 e. The van der Waals surface area contributed by atoms with E-state index in [2.05, 4.69) is 5.32 Å². The number of aliphatic hydroxyl groups is 1. The summed E-state index contributed by atoms with van der Waals surface area (Å²) in [6.45, 7) is 0.122. The van der Waals surface area contributed by atoms with Gasteiger partial charge in [-0.2, -0.15) is 5.26 Å². The highest BCUT2D eigenvalue weighted by Gasteiger charge is 2.02. The lowest BCUT2D eigenvalue weighted by Crippen LogP contribution is -2.14. The topological polar surface area (TPSA) is 73.1 Å². The van der Waals surface area contributed by atoms with Crippen LogP contribution in [0.3, 0.4) is 0 Å². The minimum Gasteiger partial charge on any atom is -0.396 e. The van der Waals surface area contributed by atoms with Crippen molar-refractivity contribution >= 4 is 23.4 Å². The number of nitriles is 1. The fourth-order valence-corrected chi connectivity index (χ4v) is 1.72. The number of carbonyl (C=O) groups excluding carboxylic acids is 1. The molecule has 0 saturated heterocycles. The predicted molar refractivity (Wildman–Crippen MR) is 68.8 cm³/mol. The Hall–Kier alpha value is -1.51. The molecule has 0 atom stereocenters. The number of aliphatic hydroxyl groups excluding tert-OH is 1. The number of benzene rings is 1. The number of nitrogens with one attached hydrogen (secondary N) is 1. The van der Waals surface area contributed by atoms with Gasteiger partial charge < -0.3 is 10.4 Å². The van der Waals surface area contributed by atoms with E-state index in [4.69, 9.17) is 10.4 Å². The molecule has 5 heteroatoms. The Morgan fingerprint density at radius 2 is 2.12 bits per heavy atom. The smallest absolute Gasteiger partial charge is 0.234 e. The highest BCUT2D eigenvalue weighted by Crippen LogP contribution is 2.10. The van der Waals surface area contributed by atoms with E-state index in [-0.39, 0.29) is 18.3 Å². The highest BCUT2D eigenvalue weighted by atomic mass is 32.2. The monoisotopic (exact) mass is 250 g/mol. The Labute approximate surface area is 105 Å². The summed E-state index contributed by atoms with van der Waals surface area (Å²) in [5.41, 5.74) is 1.76. The standard InChI is InChI=1S/C12H14N2O2S/c13-6-8-17-9-12(16)14-11-3-1-10(2-4-11)5-7-15/h1-4,15H,5,7-9H2,(H,14,16). The number of rotatable bonds is 6. The summed E-state index contributed by atoms with van der Waals surface area (Å²) in [5, 5.41) is 19.8. The lowest BCUT2D eigenvalue weighted by molar-refractivity contribution is -0.113. The number of carbonyl (C=O) groups is 1. The molecule has 0 radical (unpaired) electrons. The van der Waals surface area contributed by atoms with Crippen LogP contribution in [0.5, 0.6) is 0 Å². The Morgan fingerprint density at radius 1 is 1.41 bits per heavy atom. The van der Waals surface area contributed by atoms with E-state index in [0.29, 0.717) is 12.2 Å². The van der Waals surface area contributed by atoms with E-state index in [1.54, 1.807) is 12.1 Å². The van der Waals surface area contributed by atoms with Crippen molar-refractivity contribution in [2.45, 2.75) is 6.42 Å². The molecule has 0 saturated carbocycles. The van der Waals surface area contributed by atoms with Crippen molar-refractivity contribution in [2.24, 2.45) is 0 Å². The molecule has 0 aliphatic heterocycles. The van der Waals surface area contributed by atoms with Gasteiger partial charge in [0.25, 0.3) is 0 Å². The normalized spacial score (nSPS) is 9.65. The van der Waals surface area contributed by atoms with Crippen molar-refractivity contribution in [3.05, 3.63) is 29.8 Å². The van der Waals surface area contributed by atoms with Gasteiger partial charge in [-0.05, 0) is 24.1 Å². The molecular weight excluding hydrogens is 236 g/mol. The van der Waals surface area contributed by atoms with Crippen molar-refractivity contribution in [1.29, 1.82) is 5.26 Å². The molecule has 0 aromatic heterocycles. The van der Waals surface area contributed by atoms with E-state index in [9.17, 15) is 4.79 Å². The van der Waals surface area contributed by atoms with Gasteiger partial charge in [-0.25, -0.2) is 0 Å². The Kier molecular flexibility index (Phi) is 6.15. The minimum absolute atomic E-state index is 0.111. The fraction of sp³-hybridized carbons (Fsp3) is 0.333. The molecule has 1 rings (SSSR count). The summed E-state index contributed by atoms with van der Waals surface area (Å²) >= 11 is 1.29. The van der Waals surface area contributed by atoms with Crippen molar-refractivity contribution in [3.63, 3.8) is 0 Å². The molecule has 0 spiro atoms. The van der Waals surface area contributed by atoms with Gasteiger partial charge in [0.05, 0.1) is 17.6 Å². The van der Waals surface area contributed by atoms with Crippen LogP contribution in [-0.4, -0.2) is 29.1 Å². The molecule has 1 aromatic rings. The minimum atomic E-state index is -0.111. The zero-order valence-electron chi connectivity index (χ0n) is 9.35. The van der Waals surface area contributed by atoms with Crippen LogP contribution in [0.1, 0.15) is 5.56 Å². The van der Waals surface area contributed by atoms with Gasteiger partial charge >= 0.3 is 0 Å². The van der Waals surface area contributed by atoms with E-state index in [1.165, 1.54) is 11.8 Å². The maximum atomic E-state index is 11.4. The van der Waals surface area contributed by atoms with Crippen molar-refractivity contribution in [1.82, 2.24) is 0 Å². The van der Waals surface area contributed by atoms with E-state index >= 15 is 0 Å². The highest BCUT2D eigenvalue weighted by molar-refractivity contribution is 8.00. The molecule has 1 aromatic carbocycles. The Bertz CT molecular complexity index is 398. The number of amides is 1. The first-order valence-electron chi connectivity index (χ1n) is 5.20. The van der Waals surface area contributed by atoms with Crippen LogP contribution < -0.4 is 5.32 Å². The summed E-state index contributed by atoms with van der Waals surface area (Å²) in [5.74, 6) is 0.495. The summed E-state index contributed by atoms with van der Waals surface area (Å²) in [6, 6.07) is 9.31. The molecule has 0 aliphatic carbocycles. The molecule has 1 amide bonds. The van der Waals surface area contributed by atoms with Gasteiger partial charge in [0.1, 0.15) is 0 Å². The average Bonchev–Trinajstić information content (AvgIpc) is 2.32. The quantitative estimate of drug-likeness (QED) is 0.749. The zero-order valence-corrected chi connectivity index (χ0v) is 10.2. The molecular formula is C12H14N2O2S. The second-order valence-corrected chi connectivity index (χ2v) is 4.36. The summed E-state index contributed by atoms with van der Waals surface area (Å²) in [6.07, 6.45) is 0.617. The van der Waals surface area contributed by atoms with Crippen LogP contribution >= 0.6 is 11.8 Å². The van der Waals surface area contributed by atoms with Crippen LogP contribution in [0.2, 0.25) is 0 Å². The third-order valence-corrected chi connectivity index (χ3v) is 2.84. The molecule has 0 aliphatic rings. The number of hydrogen-bond acceptors (Lipinski definition) is 4. The lowest BCUT2D eigenvalue weighted by Gasteiger charge is -2.05. The third kappa shape index (κ3) is 5.38. The maximum absolute atomic E-state index is 11.4. The fourth-order valence-electron chi connectivity index (χ4n) is 1.27. The first-order chi connectivity index (χ1) is 8.26. The molecule has 90 valence electrons. The summed E-state index contributed by atoms with van der Waals surface area (Å²) < 4.78 is 0. The van der Waals surface area contributed by atoms with Crippen LogP contribution in [0.4, 0.5) is 5.69 Å². The molecule has 0 fully saturated rings. The molecule has 17 heavy (non-hydrogen) atoms. The van der Waals surface area contributed by atoms with Crippen molar-refractivity contribution in [3.8, 4) is 6.07 Å². The van der Waals surface area contributed by atoms with Crippen LogP contribution in [0, 0.1) is 11.3 Å². The Morgan fingerprint density at radius 3 is 2.71 bits per heavy atom. The van der Waals surface area contributed by atoms with Gasteiger partial charge in [-0.1, -0.05) is 12.1 Å². The average molecular weight is 250 g/mol. The lowest BCUT2D eigenvalue weighted by atomic mass is 10.1. The van der Waals surface area contributed by atoms with Crippen molar-refractivity contribution in [2.75, 3.05) is 23.4 Å². The van der Waals surface area contributed by atoms with Crippen molar-refractivity contribution < 1.29 is 9.90 Å². The molecule has 4 nitrogen and oxygen atoms in total. The van der Waals surface area contributed by atoms with E-state index in [1.807, 2.05) is 18.2 Å². The third-order valence-electron chi connectivity index (χ3n) is 2.04. The zero-order chi connectivity index (χ0) is 12.5. The first kappa shape index (κ1) is 13.6. The Balaban J connectivity index is 2.40. The summed E-state index contributed by atoms with van der Waals surface area (Å²) in [7, 11) is 0. The van der Waals surface area contributed by atoms with Gasteiger partial charge in [-0.15, -0.1) is 11.8 Å². The van der Waals surface area contributed by atoms with E-state index in [0.717, 1.165) is 11.3 Å². The van der Waals surface area contributed by atoms with Crippen LogP contribution in [-0.2, 0) is 11.2 Å². The van der Waals surface area contributed by atoms with E-state index < -0.39 is 0 Å². The molecule has 0 heterocycles. The molecule has 0 unspecified atom stereocenters. The second kappa shape index (κ2) is 7.71. The molecule has 2 N–H and O–H groups in total. The predicted octanol–water partition coefficient (Wildman–Crippen LogP) is 1.42. The van der Waals surface area contributed by atoms with Crippen LogP contribution in [0.15, 0.2) is 24.3 Å². The largest absolute Gasteiger partial charge is 0.396 e. The van der Waals surface area contributed by atoms with Gasteiger partial charge in [0.2, 0.25) is 5.91 Å². The van der Waals surface area contributed by atoms with Gasteiger partial charge in [-0.3, -0.25) is 4.79 Å². The SMILES string of the molecule is N#CCSCC(=O)Nc1ccc(CCO)cc1. The summed E-state index contributed by atoms with van der Waals surface area (Å²) in [4.78, 5) is 11.4. The molecule has 0 bridgehead atoms. The van der Waals surface area contributed by atoms with Crippen LogP contribution in [0.25, 0.3) is 0 Å². The second-order valence-electron chi connectivity index (χ2n) is 3.37. The first-order valence-corrected chi connectivity index (χ1v) is 6.36. The number of thioether (sulfide) groups is 1. The number of hydrogen-bond donors (Lipinski definition) is 2. The van der Waals surface area contributed by atoms with Gasteiger partial charge in [0.15, 0.2) is 0 Å². The number of nitrogens with zero attached hydrogens (tertiary/aromatic N) is 1.